The zero-order valence-electron chi connectivity index (χ0n) is 19.5. The van der Waals surface area contributed by atoms with Gasteiger partial charge in [-0.25, -0.2) is 0 Å². The van der Waals surface area contributed by atoms with Gasteiger partial charge in [-0.15, -0.1) is 0 Å². The zero-order valence-corrected chi connectivity index (χ0v) is 20.3. The second kappa shape index (κ2) is 8.41. The second-order valence-electron chi connectivity index (χ2n) is 9.14. The van der Waals surface area contributed by atoms with Crippen LogP contribution < -0.4 is 0 Å². The second-order valence-corrected chi connectivity index (χ2v) is 9.58. The number of para-hydroxylation sites is 1. The van der Waals surface area contributed by atoms with E-state index in [1.165, 1.54) is 49.3 Å². The molecule has 7 rings (SSSR count). The third-order valence-corrected chi connectivity index (χ3v) is 7.28. The lowest BCUT2D eigenvalue weighted by atomic mass is 9.91. The van der Waals surface area contributed by atoms with Crippen molar-refractivity contribution in [1.29, 1.82) is 0 Å². The highest BCUT2D eigenvalue weighted by atomic mass is 35.5. The van der Waals surface area contributed by atoms with E-state index in [4.69, 9.17) is 11.6 Å². The molecule has 1 aromatic heterocycles. The fourth-order valence-corrected chi connectivity index (χ4v) is 5.60. The van der Waals surface area contributed by atoms with Gasteiger partial charge >= 0.3 is 0 Å². The molecule has 36 heavy (non-hydrogen) atoms. The van der Waals surface area contributed by atoms with E-state index < -0.39 is 0 Å². The summed E-state index contributed by atoms with van der Waals surface area (Å²) in [6, 6.07) is 47.4. The molecule has 0 saturated carbocycles. The number of fused-ring (bicyclic) bond motifs is 4. The summed E-state index contributed by atoms with van der Waals surface area (Å²) in [5.74, 6) is 0. The van der Waals surface area contributed by atoms with Gasteiger partial charge in [0, 0.05) is 21.4 Å². The van der Waals surface area contributed by atoms with Crippen LogP contribution >= 0.6 is 11.6 Å². The highest BCUT2D eigenvalue weighted by molar-refractivity contribution is 6.31. The van der Waals surface area contributed by atoms with Crippen LogP contribution in [0.5, 0.6) is 0 Å². The molecule has 1 nitrogen and oxygen atoms in total. The first kappa shape index (κ1) is 21.0. The third-order valence-electron chi connectivity index (χ3n) is 7.04. The molecular weight excluding hydrogens is 458 g/mol. The topological polar surface area (TPSA) is 4.93 Å². The molecule has 0 saturated heterocycles. The Balaban J connectivity index is 1.61. The number of rotatable bonds is 3. The lowest BCUT2D eigenvalue weighted by Crippen LogP contribution is -1.99. The summed E-state index contributed by atoms with van der Waals surface area (Å²) < 4.78 is 2.36. The summed E-state index contributed by atoms with van der Waals surface area (Å²) in [6.07, 6.45) is 0. The van der Waals surface area contributed by atoms with Gasteiger partial charge in [-0.1, -0.05) is 115 Å². The van der Waals surface area contributed by atoms with Crippen LogP contribution in [0.15, 0.2) is 133 Å². The molecule has 0 aliphatic carbocycles. The molecule has 7 aromatic rings. The lowest BCUT2D eigenvalue weighted by Gasteiger charge is -2.19. The molecular formula is C34H22ClN. The largest absolute Gasteiger partial charge is 0.309 e. The van der Waals surface area contributed by atoms with E-state index in [1.54, 1.807) is 0 Å². The molecule has 1 heterocycles. The van der Waals surface area contributed by atoms with E-state index >= 15 is 0 Å². The Hall–Kier alpha value is -4.33. The Morgan fingerprint density at radius 1 is 0.472 bits per heavy atom. The fraction of sp³-hybridized carbons (Fsp3) is 0. The van der Waals surface area contributed by atoms with E-state index in [0.29, 0.717) is 0 Å². The van der Waals surface area contributed by atoms with E-state index in [0.717, 1.165) is 16.2 Å². The van der Waals surface area contributed by atoms with Crippen LogP contribution in [0.1, 0.15) is 0 Å². The van der Waals surface area contributed by atoms with Crippen molar-refractivity contribution in [2.24, 2.45) is 0 Å². The number of hydrogen-bond acceptors (Lipinski definition) is 0. The standard InChI is InChI=1S/C34H22ClN/c35-27-19-20-30-29-13-6-7-15-31(29)36(33(30)22-27)32-16-8-14-28(34(32)24-10-2-1-3-11-24)26-18-17-23-9-4-5-12-25(23)21-26/h1-22H. The normalized spacial score (nSPS) is 11.5. The van der Waals surface area contributed by atoms with Gasteiger partial charge in [-0.3, -0.25) is 0 Å². The van der Waals surface area contributed by atoms with Crippen LogP contribution in [0.4, 0.5) is 0 Å². The SMILES string of the molecule is Clc1ccc2c3ccccc3n(-c3cccc(-c4ccc5ccccc5c4)c3-c3ccccc3)c2c1. The number of halogens is 1. The van der Waals surface area contributed by atoms with Gasteiger partial charge < -0.3 is 4.57 Å². The Morgan fingerprint density at radius 3 is 2.11 bits per heavy atom. The number of nitrogens with zero attached hydrogens (tertiary/aromatic N) is 1. The summed E-state index contributed by atoms with van der Waals surface area (Å²) in [5, 5.41) is 5.64. The molecule has 0 unspecified atom stereocenters. The molecule has 170 valence electrons. The van der Waals surface area contributed by atoms with Crippen molar-refractivity contribution in [3.63, 3.8) is 0 Å². The number of benzene rings is 6. The summed E-state index contributed by atoms with van der Waals surface area (Å²) in [6.45, 7) is 0. The molecule has 0 bridgehead atoms. The van der Waals surface area contributed by atoms with Gasteiger partial charge in [0.2, 0.25) is 0 Å². The van der Waals surface area contributed by atoms with Crippen LogP contribution in [0.2, 0.25) is 5.02 Å². The first-order valence-electron chi connectivity index (χ1n) is 12.1. The molecule has 0 fully saturated rings. The highest BCUT2D eigenvalue weighted by Gasteiger charge is 2.19. The van der Waals surface area contributed by atoms with Crippen molar-refractivity contribution >= 4 is 44.2 Å². The van der Waals surface area contributed by atoms with Gasteiger partial charge in [0.15, 0.2) is 0 Å². The molecule has 0 N–H and O–H groups in total. The van der Waals surface area contributed by atoms with Gasteiger partial charge in [0.05, 0.1) is 16.7 Å². The van der Waals surface area contributed by atoms with E-state index in [1.807, 2.05) is 6.07 Å². The lowest BCUT2D eigenvalue weighted by molar-refractivity contribution is 1.18. The maximum Gasteiger partial charge on any atom is 0.0556 e. The van der Waals surface area contributed by atoms with Crippen LogP contribution in [0.3, 0.4) is 0 Å². The first-order chi connectivity index (χ1) is 17.8. The third kappa shape index (κ3) is 3.32. The van der Waals surface area contributed by atoms with Crippen molar-refractivity contribution in [3.8, 4) is 27.9 Å². The van der Waals surface area contributed by atoms with Crippen LogP contribution in [0.25, 0.3) is 60.5 Å². The Kier molecular flexibility index (Phi) is 4.90. The molecule has 0 amide bonds. The minimum absolute atomic E-state index is 0.735. The number of aromatic nitrogens is 1. The first-order valence-corrected chi connectivity index (χ1v) is 12.5. The van der Waals surface area contributed by atoms with E-state index in [-0.39, 0.29) is 0 Å². The molecule has 0 radical (unpaired) electrons. The van der Waals surface area contributed by atoms with Gasteiger partial charge in [-0.2, -0.15) is 0 Å². The van der Waals surface area contributed by atoms with Crippen LogP contribution in [-0.4, -0.2) is 4.57 Å². The van der Waals surface area contributed by atoms with Gasteiger partial charge in [-0.05, 0) is 57.8 Å². The predicted molar refractivity (Wildman–Crippen MR) is 154 cm³/mol. The maximum atomic E-state index is 6.53. The van der Waals surface area contributed by atoms with E-state index in [2.05, 4.69) is 132 Å². The molecule has 6 aromatic carbocycles. The summed E-state index contributed by atoms with van der Waals surface area (Å²) >= 11 is 6.53. The van der Waals surface area contributed by atoms with Crippen LogP contribution in [0, 0.1) is 0 Å². The quantitative estimate of drug-likeness (QED) is 0.237. The average molecular weight is 480 g/mol. The smallest absolute Gasteiger partial charge is 0.0556 e. The average Bonchev–Trinajstić information content (AvgIpc) is 3.26. The Morgan fingerprint density at radius 2 is 1.22 bits per heavy atom. The minimum Gasteiger partial charge on any atom is -0.309 e. The van der Waals surface area contributed by atoms with Crippen LogP contribution in [-0.2, 0) is 0 Å². The van der Waals surface area contributed by atoms with Crippen molar-refractivity contribution in [2.75, 3.05) is 0 Å². The van der Waals surface area contributed by atoms with Gasteiger partial charge in [0.25, 0.3) is 0 Å². The van der Waals surface area contributed by atoms with Crippen molar-refractivity contribution in [1.82, 2.24) is 4.57 Å². The molecule has 0 aliphatic rings. The van der Waals surface area contributed by atoms with Crippen molar-refractivity contribution < 1.29 is 0 Å². The Bertz CT molecular complexity index is 1900. The molecule has 2 heteroatoms. The summed E-state index contributed by atoms with van der Waals surface area (Å²) in [5.41, 5.74) is 8.21. The monoisotopic (exact) mass is 479 g/mol. The predicted octanol–water partition coefficient (Wildman–Crippen LogP) is 9.92. The fourth-order valence-electron chi connectivity index (χ4n) is 5.44. The summed E-state index contributed by atoms with van der Waals surface area (Å²) in [4.78, 5) is 0. The van der Waals surface area contributed by atoms with Crippen molar-refractivity contribution in [2.45, 2.75) is 0 Å². The van der Waals surface area contributed by atoms with E-state index in [9.17, 15) is 0 Å². The van der Waals surface area contributed by atoms with Crippen molar-refractivity contribution in [3.05, 3.63) is 138 Å². The van der Waals surface area contributed by atoms with Gasteiger partial charge in [0.1, 0.15) is 0 Å². The zero-order chi connectivity index (χ0) is 24.1. The molecule has 0 aliphatic heterocycles. The molecule has 0 atom stereocenters. The molecule has 0 spiro atoms. The minimum atomic E-state index is 0.735. The number of hydrogen-bond donors (Lipinski definition) is 0. The highest BCUT2D eigenvalue weighted by Crippen LogP contribution is 2.41. The Labute approximate surface area is 214 Å². The summed E-state index contributed by atoms with van der Waals surface area (Å²) in [7, 11) is 0. The maximum absolute atomic E-state index is 6.53.